The summed E-state index contributed by atoms with van der Waals surface area (Å²) in [5, 5.41) is 4.40. The third-order valence-corrected chi connectivity index (χ3v) is 4.58. The number of nitrogens with one attached hydrogen (secondary N) is 1. The summed E-state index contributed by atoms with van der Waals surface area (Å²) in [6.45, 7) is 7.01. The van der Waals surface area contributed by atoms with Crippen LogP contribution in [-0.2, 0) is 6.54 Å². The maximum Gasteiger partial charge on any atom is 0.123 e. The van der Waals surface area contributed by atoms with Crippen LogP contribution in [0.15, 0.2) is 59.7 Å². The molecule has 1 aromatic heterocycles. The minimum atomic E-state index is 0.622. The van der Waals surface area contributed by atoms with Crippen LogP contribution in [0.5, 0.6) is 5.75 Å². The number of para-hydroxylation sites is 2. The predicted molar refractivity (Wildman–Crippen MR) is 107 cm³/mol. The van der Waals surface area contributed by atoms with Gasteiger partial charge >= 0.3 is 0 Å². The number of aryl methyl sites for hydroxylation is 2. The van der Waals surface area contributed by atoms with Crippen molar-refractivity contribution in [2.45, 2.75) is 27.3 Å². The molecule has 26 heavy (non-hydrogen) atoms. The Morgan fingerprint density at radius 3 is 2.54 bits per heavy atom. The van der Waals surface area contributed by atoms with E-state index in [9.17, 15) is 0 Å². The molecule has 134 valence electrons. The van der Waals surface area contributed by atoms with E-state index in [2.05, 4.69) is 66.2 Å². The highest BCUT2D eigenvalue weighted by molar-refractivity contribution is 5.82. The molecule has 0 spiro atoms. The largest absolute Gasteiger partial charge is 0.496 e. The van der Waals surface area contributed by atoms with Gasteiger partial charge in [-0.1, -0.05) is 36.4 Å². The molecule has 1 N–H and O–H groups in total. The van der Waals surface area contributed by atoms with Crippen molar-refractivity contribution >= 4 is 6.21 Å². The van der Waals surface area contributed by atoms with Gasteiger partial charge in [-0.25, -0.2) is 0 Å². The fraction of sp³-hybridized carbons (Fsp3) is 0.227. The quantitative estimate of drug-likeness (QED) is 0.525. The van der Waals surface area contributed by atoms with Gasteiger partial charge in [0.15, 0.2) is 0 Å². The van der Waals surface area contributed by atoms with E-state index in [-0.39, 0.29) is 0 Å². The molecular formula is C22H25N3O. The van der Waals surface area contributed by atoms with Crippen LogP contribution in [-0.4, -0.2) is 17.9 Å². The van der Waals surface area contributed by atoms with Gasteiger partial charge in [-0.2, -0.15) is 5.10 Å². The monoisotopic (exact) mass is 347 g/mol. The molecule has 0 aliphatic carbocycles. The molecule has 0 amide bonds. The fourth-order valence-corrected chi connectivity index (χ4v) is 3.20. The van der Waals surface area contributed by atoms with Crippen LogP contribution in [0.1, 0.15) is 28.1 Å². The molecule has 0 atom stereocenters. The van der Waals surface area contributed by atoms with Crippen molar-refractivity contribution in [3.05, 3.63) is 82.7 Å². The van der Waals surface area contributed by atoms with Gasteiger partial charge in [-0.3, -0.25) is 0 Å². The first-order valence-corrected chi connectivity index (χ1v) is 8.74. The van der Waals surface area contributed by atoms with Crippen molar-refractivity contribution < 1.29 is 4.74 Å². The van der Waals surface area contributed by atoms with E-state index in [1.54, 1.807) is 7.11 Å². The normalized spacial score (nSPS) is 11.1. The van der Waals surface area contributed by atoms with Crippen molar-refractivity contribution in [1.29, 1.82) is 0 Å². The molecular weight excluding hydrogens is 322 g/mol. The molecule has 0 bridgehead atoms. The second kappa shape index (κ2) is 7.91. The van der Waals surface area contributed by atoms with E-state index in [4.69, 9.17) is 4.74 Å². The summed E-state index contributed by atoms with van der Waals surface area (Å²) in [6.07, 6.45) is 1.88. The van der Waals surface area contributed by atoms with Gasteiger partial charge in [0.1, 0.15) is 5.75 Å². The summed E-state index contributed by atoms with van der Waals surface area (Å²) in [5.41, 5.74) is 10.1. The predicted octanol–water partition coefficient (Wildman–Crippen LogP) is 4.53. The van der Waals surface area contributed by atoms with Crippen molar-refractivity contribution in [2.75, 3.05) is 7.11 Å². The van der Waals surface area contributed by atoms with E-state index in [0.717, 1.165) is 16.9 Å². The Kier molecular flexibility index (Phi) is 5.42. The minimum Gasteiger partial charge on any atom is -0.496 e. The average molecular weight is 347 g/mol. The lowest BCUT2D eigenvalue weighted by Crippen LogP contribution is -2.07. The summed E-state index contributed by atoms with van der Waals surface area (Å²) < 4.78 is 7.64. The maximum atomic E-state index is 5.36. The van der Waals surface area contributed by atoms with E-state index in [1.165, 1.54) is 22.6 Å². The number of hydrazone groups is 1. The fourth-order valence-electron chi connectivity index (χ4n) is 3.20. The molecule has 0 aliphatic heterocycles. The molecule has 0 aliphatic rings. The summed E-state index contributed by atoms with van der Waals surface area (Å²) >= 11 is 0. The third-order valence-electron chi connectivity index (χ3n) is 4.58. The molecule has 0 radical (unpaired) electrons. The zero-order valence-corrected chi connectivity index (χ0v) is 15.8. The highest BCUT2D eigenvalue weighted by Gasteiger charge is 2.10. The van der Waals surface area contributed by atoms with Crippen molar-refractivity contribution in [3.63, 3.8) is 0 Å². The lowest BCUT2D eigenvalue weighted by molar-refractivity contribution is 0.408. The highest BCUT2D eigenvalue weighted by atomic mass is 16.5. The molecule has 2 aromatic carbocycles. The van der Waals surface area contributed by atoms with Crippen LogP contribution in [0.4, 0.5) is 0 Å². The Hall–Kier alpha value is -3.01. The van der Waals surface area contributed by atoms with Crippen molar-refractivity contribution in [3.8, 4) is 11.4 Å². The number of hydrogen-bond donors (Lipinski definition) is 1. The Morgan fingerprint density at radius 2 is 1.77 bits per heavy atom. The van der Waals surface area contributed by atoms with Gasteiger partial charge in [0.2, 0.25) is 0 Å². The first kappa shape index (κ1) is 17.8. The van der Waals surface area contributed by atoms with Crippen LogP contribution < -0.4 is 10.2 Å². The Morgan fingerprint density at radius 1 is 1.04 bits per heavy atom. The van der Waals surface area contributed by atoms with Gasteiger partial charge in [0.25, 0.3) is 0 Å². The lowest BCUT2D eigenvalue weighted by Gasteiger charge is -2.12. The van der Waals surface area contributed by atoms with Crippen LogP contribution in [0.3, 0.4) is 0 Å². The maximum absolute atomic E-state index is 5.36. The van der Waals surface area contributed by atoms with Crippen molar-refractivity contribution in [1.82, 2.24) is 9.99 Å². The molecule has 3 aromatic rings. The number of hydrogen-bond acceptors (Lipinski definition) is 3. The Balaban J connectivity index is 1.76. The molecule has 4 nitrogen and oxygen atoms in total. The van der Waals surface area contributed by atoms with Gasteiger partial charge in [-0.15, -0.1) is 0 Å². The van der Waals surface area contributed by atoms with Crippen LogP contribution in [0.25, 0.3) is 5.69 Å². The minimum absolute atomic E-state index is 0.622. The molecule has 3 rings (SSSR count). The molecule has 0 saturated heterocycles. The summed E-state index contributed by atoms with van der Waals surface area (Å²) in [5.74, 6) is 0.868. The topological polar surface area (TPSA) is 38.5 Å². The molecule has 0 fully saturated rings. The Labute approximate surface area is 155 Å². The number of methoxy groups -OCH3 is 1. The third kappa shape index (κ3) is 3.64. The summed E-state index contributed by atoms with van der Waals surface area (Å²) in [7, 11) is 1.68. The standard InChI is InChI=1S/C22H25N3O/c1-16-9-5-7-11-21(16)25-17(2)13-20(18(25)3)15-24-23-14-19-10-6-8-12-22(19)26-4/h5-13,15,23H,14H2,1-4H3/b24-15+. The highest BCUT2D eigenvalue weighted by Crippen LogP contribution is 2.22. The van der Waals surface area contributed by atoms with E-state index in [1.807, 2.05) is 30.5 Å². The van der Waals surface area contributed by atoms with Crippen LogP contribution in [0.2, 0.25) is 0 Å². The number of aromatic nitrogens is 1. The van der Waals surface area contributed by atoms with E-state index >= 15 is 0 Å². The second-order valence-corrected chi connectivity index (χ2v) is 6.35. The zero-order chi connectivity index (χ0) is 18.5. The smallest absolute Gasteiger partial charge is 0.123 e. The number of nitrogens with zero attached hydrogens (tertiary/aromatic N) is 2. The number of benzene rings is 2. The molecule has 1 heterocycles. The van der Waals surface area contributed by atoms with Crippen LogP contribution >= 0.6 is 0 Å². The van der Waals surface area contributed by atoms with Gasteiger partial charge in [-0.05, 0) is 44.5 Å². The number of rotatable bonds is 6. The second-order valence-electron chi connectivity index (χ2n) is 6.35. The van der Waals surface area contributed by atoms with Crippen molar-refractivity contribution in [2.24, 2.45) is 5.10 Å². The Bertz CT molecular complexity index is 925. The zero-order valence-electron chi connectivity index (χ0n) is 15.8. The van der Waals surface area contributed by atoms with Gasteiger partial charge in [0.05, 0.1) is 19.9 Å². The molecule has 4 heteroatoms. The first-order valence-electron chi connectivity index (χ1n) is 8.74. The summed E-state index contributed by atoms with van der Waals surface area (Å²) in [4.78, 5) is 0. The van der Waals surface area contributed by atoms with Gasteiger partial charge < -0.3 is 14.7 Å². The number of ether oxygens (including phenoxy) is 1. The van der Waals surface area contributed by atoms with E-state index in [0.29, 0.717) is 6.54 Å². The van der Waals surface area contributed by atoms with Crippen LogP contribution in [0, 0.1) is 20.8 Å². The lowest BCUT2D eigenvalue weighted by atomic mass is 10.2. The average Bonchev–Trinajstić information content (AvgIpc) is 2.93. The summed E-state index contributed by atoms with van der Waals surface area (Å²) in [6, 6.07) is 18.5. The molecule has 0 saturated carbocycles. The SMILES string of the molecule is COc1ccccc1CN/N=C/c1cc(C)n(-c2ccccc2C)c1C. The van der Waals surface area contributed by atoms with E-state index < -0.39 is 0 Å². The van der Waals surface area contributed by atoms with Gasteiger partial charge in [0, 0.05) is 28.2 Å². The first-order chi connectivity index (χ1) is 12.6. The molecule has 0 unspecified atom stereocenters.